The van der Waals surface area contributed by atoms with E-state index < -0.39 is 0 Å². The van der Waals surface area contributed by atoms with Crippen molar-refractivity contribution in [3.05, 3.63) is 65.2 Å². The fourth-order valence-corrected chi connectivity index (χ4v) is 3.61. The number of nitrogens with one attached hydrogen (secondary N) is 1. The molecule has 2 aromatic heterocycles. The first kappa shape index (κ1) is 19.0. The van der Waals surface area contributed by atoms with E-state index in [1.54, 1.807) is 24.5 Å². The Morgan fingerprint density at radius 2 is 1.86 bits per heavy atom. The Morgan fingerprint density at radius 1 is 1.07 bits per heavy atom. The molecule has 150 valence electrons. The van der Waals surface area contributed by atoms with Crippen LogP contribution >= 0.6 is 0 Å². The minimum Gasteiger partial charge on any atom is -0.368 e. The highest BCUT2D eigenvalue weighted by molar-refractivity contribution is 5.95. The molecule has 1 aromatic carbocycles. The number of hydrogen-bond donors (Lipinski definition) is 1. The highest BCUT2D eigenvalue weighted by Gasteiger charge is 2.23. The summed E-state index contributed by atoms with van der Waals surface area (Å²) in [5, 5.41) is 7.03. The van der Waals surface area contributed by atoms with Gasteiger partial charge >= 0.3 is 0 Å². The molecular weight excluding hydrogens is 366 g/mol. The van der Waals surface area contributed by atoms with E-state index in [1.807, 2.05) is 11.8 Å². The SMILES string of the molecule is Cc1cc(Nc2cncc(C(=O)N3CCN(c4cccc(C)c4C)CC3)c2)no1. The number of benzene rings is 1. The molecule has 3 aromatic rings. The van der Waals surface area contributed by atoms with Crippen molar-refractivity contribution in [1.82, 2.24) is 15.0 Å². The molecule has 1 amide bonds. The van der Waals surface area contributed by atoms with E-state index in [1.165, 1.54) is 16.8 Å². The van der Waals surface area contributed by atoms with Gasteiger partial charge in [0, 0.05) is 44.1 Å². The average Bonchev–Trinajstić information content (AvgIpc) is 3.14. The van der Waals surface area contributed by atoms with E-state index >= 15 is 0 Å². The van der Waals surface area contributed by atoms with Gasteiger partial charge in [0.25, 0.3) is 5.91 Å². The van der Waals surface area contributed by atoms with Gasteiger partial charge < -0.3 is 19.6 Å². The molecule has 7 heteroatoms. The number of hydrogen-bond acceptors (Lipinski definition) is 6. The Morgan fingerprint density at radius 3 is 2.59 bits per heavy atom. The van der Waals surface area contributed by atoms with Gasteiger partial charge in [-0.15, -0.1) is 0 Å². The third-order valence-electron chi connectivity index (χ3n) is 5.37. The third-order valence-corrected chi connectivity index (χ3v) is 5.37. The maximum atomic E-state index is 13.0. The van der Waals surface area contributed by atoms with Crippen LogP contribution in [0.4, 0.5) is 17.2 Å². The van der Waals surface area contributed by atoms with Crippen LogP contribution < -0.4 is 10.2 Å². The topological polar surface area (TPSA) is 74.5 Å². The van der Waals surface area contributed by atoms with Crippen molar-refractivity contribution in [2.24, 2.45) is 0 Å². The van der Waals surface area contributed by atoms with Crippen LogP contribution in [0.15, 0.2) is 47.2 Å². The summed E-state index contributed by atoms with van der Waals surface area (Å²) in [6, 6.07) is 9.98. The van der Waals surface area contributed by atoms with Crippen molar-refractivity contribution in [2.45, 2.75) is 20.8 Å². The molecule has 0 unspecified atom stereocenters. The fourth-order valence-electron chi connectivity index (χ4n) is 3.61. The lowest BCUT2D eigenvalue weighted by molar-refractivity contribution is 0.0746. The van der Waals surface area contributed by atoms with Gasteiger partial charge in [0.1, 0.15) is 5.76 Å². The predicted molar refractivity (Wildman–Crippen MR) is 113 cm³/mol. The Labute approximate surface area is 170 Å². The quantitative estimate of drug-likeness (QED) is 0.731. The van der Waals surface area contributed by atoms with Gasteiger partial charge in [0.2, 0.25) is 0 Å². The molecule has 0 atom stereocenters. The van der Waals surface area contributed by atoms with Crippen LogP contribution in [0.3, 0.4) is 0 Å². The van der Waals surface area contributed by atoms with Crippen molar-refractivity contribution < 1.29 is 9.32 Å². The van der Waals surface area contributed by atoms with Gasteiger partial charge in [-0.3, -0.25) is 9.78 Å². The smallest absolute Gasteiger partial charge is 0.255 e. The van der Waals surface area contributed by atoms with Crippen LogP contribution in [-0.2, 0) is 0 Å². The summed E-state index contributed by atoms with van der Waals surface area (Å²) >= 11 is 0. The molecule has 29 heavy (non-hydrogen) atoms. The summed E-state index contributed by atoms with van der Waals surface area (Å²) in [5.74, 6) is 1.31. The van der Waals surface area contributed by atoms with Crippen molar-refractivity contribution in [3.63, 3.8) is 0 Å². The predicted octanol–water partition coefficient (Wildman–Crippen LogP) is 3.70. The third kappa shape index (κ3) is 4.08. The van der Waals surface area contributed by atoms with Crippen LogP contribution in [0.25, 0.3) is 0 Å². The Kier molecular flexibility index (Phi) is 5.20. The number of aromatic nitrogens is 2. The first-order valence-electron chi connectivity index (χ1n) is 9.77. The van der Waals surface area contributed by atoms with Crippen LogP contribution in [0.2, 0.25) is 0 Å². The number of carbonyl (C=O) groups excluding carboxylic acids is 1. The summed E-state index contributed by atoms with van der Waals surface area (Å²) in [4.78, 5) is 21.4. The number of anilines is 3. The maximum Gasteiger partial charge on any atom is 0.255 e. The Bertz CT molecular complexity index is 1020. The maximum absolute atomic E-state index is 13.0. The van der Waals surface area contributed by atoms with Crippen molar-refractivity contribution >= 4 is 23.1 Å². The number of pyridine rings is 1. The monoisotopic (exact) mass is 391 g/mol. The summed E-state index contributed by atoms with van der Waals surface area (Å²) in [7, 11) is 0. The van der Waals surface area contributed by atoms with Gasteiger partial charge in [-0.2, -0.15) is 0 Å². The highest BCUT2D eigenvalue weighted by atomic mass is 16.5. The van der Waals surface area contributed by atoms with Gasteiger partial charge in [-0.1, -0.05) is 17.3 Å². The first-order chi connectivity index (χ1) is 14.0. The molecule has 1 saturated heterocycles. The van der Waals surface area contributed by atoms with Crippen LogP contribution in [0, 0.1) is 20.8 Å². The van der Waals surface area contributed by atoms with E-state index in [0.717, 1.165) is 18.8 Å². The second-order valence-electron chi connectivity index (χ2n) is 7.41. The molecule has 0 saturated carbocycles. The average molecular weight is 391 g/mol. The largest absolute Gasteiger partial charge is 0.368 e. The van der Waals surface area contributed by atoms with E-state index in [9.17, 15) is 4.79 Å². The number of carbonyl (C=O) groups is 1. The van der Waals surface area contributed by atoms with E-state index in [4.69, 9.17) is 4.52 Å². The van der Waals surface area contributed by atoms with E-state index in [0.29, 0.717) is 30.2 Å². The number of aryl methyl sites for hydroxylation is 2. The first-order valence-corrected chi connectivity index (χ1v) is 9.77. The minimum atomic E-state index is -0.00176. The van der Waals surface area contributed by atoms with Gasteiger partial charge in [0.15, 0.2) is 5.82 Å². The lowest BCUT2D eigenvalue weighted by Gasteiger charge is -2.37. The molecule has 0 radical (unpaired) electrons. The van der Waals surface area contributed by atoms with Crippen LogP contribution in [0.5, 0.6) is 0 Å². The zero-order valence-corrected chi connectivity index (χ0v) is 17.0. The van der Waals surface area contributed by atoms with E-state index in [-0.39, 0.29) is 5.91 Å². The molecule has 0 bridgehead atoms. The molecule has 1 fully saturated rings. The molecule has 3 heterocycles. The summed E-state index contributed by atoms with van der Waals surface area (Å²) in [6.07, 6.45) is 3.28. The Hall–Kier alpha value is -3.35. The van der Waals surface area contributed by atoms with Crippen molar-refractivity contribution in [3.8, 4) is 0 Å². The minimum absolute atomic E-state index is 0.00176. The molecule has 4 rings (SSSR count). The normalized spacial score (nSPS) is 14.2. The van der Waals surface area contributed by atoms with Crippen LogP contribution in [-0.4, -0.2) is 47.1 Å². The number of rotatable bonds is 4. The summed E-state index contributed by atoms with van der Waals surface area (Å²) in [6.45, 7) is 9.13. The number of amides is 1. The molecule has 7 nitrogen and oxygen atoms in total. The molecule has 1 aliphatic heterocycles. The Balaban J connectivity index is 1.42. The van der Waals surface area contributed by atoms with E-state index in [2.05, 4.69) is 52.4 Å². The molecular formula is C22H25N5O2. The van der Waals surface area contributed by atoms with Gasteiger partial charge in [0.05, 0.1) is 17.4 Å². The molecule has 0 spiro atoms. The second-order valence-corrected chi connectivity index (χ2v) is 7.41. The lowest BCUT2D eigenvalue weighted by atomic mass is 10.1. The molecule has 1 N–H and O–H groups in total. The van der Waals surface area contributed by atoms with Crippen LogP contribution in [0.1, 0.15) is 27.2 Å². The van der Waals surface area contributed by atoms with Gasteiger partial charge in [-0.05, 0) is 44.0 Å². The zero-order valence-electron chi connectivity index (χ0n) is 17.0. The number of nitrogens with zero attached hydrogens (tertiary/aromatic N) is 4. The zero-order chi connectivity index (χ0) is 20.4. The van der Waals surface area contributed by atoms with Gasteiger partial charge in [-0.25, -0.2) is 0 Å². The standard InChI is InChI=1S/C22H25N5O2/c1-15-5-4-6-20(17(15)3)26-7-9-27(10-8-26)22(28)18-12-19(14-23-13-18)24-21-11-16(2)29-25-21/h4-6,11-14H,7-10H2,1-3H3,(H,24,25). The van der Waals surface area contributed by atoms with Crippen molar-refractivity contribution in [2.75, 3.05) is 36.4 Å². The second kappa shape index (κ2) is 7.95. The molecule has 0 aliphatic carbocycles. The number of piperazine rings is 1. The highest BCUT2D eigenvalue weighted by Crippen LogP contribution is 2.24. The molecule has 1 aliphatic rings. The van der Waals surface area contributed by atoms with Crippen molar-refractivity contribution in [1.29, 1.82) is 0 Å². The summed E-state index contributed by atoms with van der Waals surface area (Å²) < 4.78 is 5.06. The lowest BCUT2D eigenvalue weighted by Crippen LogP contribution is -2.49. The summed E-state index contributed by atoms with van der Waals surface area (Å²) in [5.41, 5.74) is 5.12. The fraction of sp³-hybridized carbons (Fsp3) is 0.318.